The molecule has 6 heteroatoms. The highest BCUT2D eigenvalue weighted by Crippen LogP contribution is 2.26. The Bertz CT molecular complexity index is 577. The molecule has 1 fully saturated rings. The molecule has 2 atom stereocenters. The molecule has 22 heavy (non-hydrogen) atoms. The van der Waals surface area contributed by atoms with Gasteiger partial charge >= 0.3 is 0 Å². The van der Waals surface area contributed by atoms with Crippen molar-refractivity contribution < 1.29 is 9.59 Å². The molecule has 1 aromatic rings. The monoisotopic (exact) mass is 342 g/mol. The van der Waals surface area contributed by atoms with E-state index in [4.69, 9.17) is 23.2 Å². The SMILES string of the molecule is CC[C@H](C)NC(=O)[C@H]1CCCN1C(=O)c1cc(Cl)ccc1Cl. The number of carbonyl (C=O) groups excluding carboxylic acids is 2. The van der Waals surface area contributed by atoms with E-state index in [0.29, 0.717) is 28.6 Å². The second kappa shape index (κ2) is 7.34. The van der Waals surface area contributed by atoms with Crippen LogP contribution in [0.15, 0.2) is 18.2 Å². The molecule has 1 aliphatic rings. The largest absolute Gasteiger partial charge is 0.352 e. The van der Waals surface area contributed by atoms with Crippen LogP contribution in [0.5, 0.6) is 0 Å². The third-order valence-corrected chi connectivity index (χ3v) is 4.54. The number of benzene rings is 1. The average Bonchev–Trinajstić information content (AvgIpc) is 2.98. The summed E-state index contributed by atoms with van der Waals surface area (Å²) in [5.74, 6) is -0.340. The number of hydrogen-bond acceptors (Lipinski definition) is 2. The molecule has 0 aliphatic carbocycles. The minimum Gasteiger partial charge on any atom is -0.352 e. The minimum absolute atomic E-state index is 0.0970. The van der Waals surface area contributed by atoms with Crippen molar-refractivity contribution in [1.82, 2.24) is 10.2 Å². The normalized spacial score (nSPS) is 19.1. The van der Waals surface area contributed by atoms with Crippen molar-refractivity contribution in [1.29, 1.82) is 0 Å². The standard InChI is InChI=1S/C16H20Cl2N2O2/c1-3-10(2)19-15(21)14-5-4-8-20(14)16(22)12-9-11(17)6-7-13(12)18/h6-7,9-10,14H,3-5,8H2,1-2H3,(H,19,21)/t10-,14+/m0/s1. The molecule has 0 bridgehead atoms. The zero-order valence-electron chi connectivity index (χ0n) is 12.7. The molecule has 1 aromatic carbocycles. The summed E-state index contributed by atoms with van der Waals surface area (Å²) in [6.07, 6.45) is 2.33. The fourth-order valence-electron chi connectivity index (χ4n) is 2.54. The summed E-state index contributed by atoms with van der Waals surface area (Å²) in [6, 6.07) is 4.45. The predicted molar refractivity (Wildman–Crippen MR) is 88.4 cm³/mol. The van der Waals surface area contributed by atoms with Crippen molar-refractivity contribution in [2.75, 3.05) is 6.54 Å². The van der Waals surface area contributed by atoms with Crippen molar-refractivity contribution >= 4 is 35.0 Å². The summed E-state index contributed by atoms with van der Waals surface area (Å²) in [5.41, 5.74) is 0.345. The van der Waals surface area contributed by atoms with E-state index >= 15 is 0 Å². The zero-order valence-corrected chi connectivity index (χ0v) is 14.2. The molecule has 0 spiro atoms. The Labute approximate surface area is 140 Å². The van der Waals surface area contributed by atoms with Gasteiger partial charge in [0.25, 0.3) is 5.91 Å². The lowest BCUT2D eigenvalue weighted by atomic mass is 10.1. The highest BCUT2D eigenvalue weighted by molar-refractivity contribution is 6.35. The number of carbonyl (C=O) groups is 2. The fraction of sp³-hybridized carbons (Fsp3) is 0.500. The summed E-state index contributed by atoms with van der Waals surface area (Å²) < 4.78 is 0. The Balaban J connectivity index is 2.17. The number of amides is 2. The molecular formula is C16H20Cl2N2O2. The van der Waals surface area contributed by atoms with Crippen LogP contribution < -0.4 is 5.32 Å². The van der Waals surface area contributed by atoms with Crippen LogP contribution in [0.3, 0.4) is 0 Å². The van der Waals surface area contributed by atoms with Crippen molar-refractivity contribution in [2.24, 2.45) is 0 Å². The topological polar surface area (TPSA) is 49.4 Å². The van der Waals surface area contributed by atoms with Crippen LogP contribution in [-0.4, -0.2) is 35.3 Å². The molecule has 1 N–H and O–H groups in total. The lowest BCUT2D eigenvalue weighted by Gasteiger charge is -2.25. The van der Waals surface area contributed by atoms with Crippen LogP contribution in [0.2, 0.25) is 10.0 Å². The lowest BCUT2D eigenvalue weighted by Crippen LogP contribution is -2.48. The van der Waals surface area contributed by atoms with Crippen LogP contribution in [0.25, 0.3) is 0 Å². The van der Waals surface area contributed by atoms with E-state index in [1.807, 2.05) is 13.8 Å². The molecule has 120 valence electrons. The summed E-state index contributed by atoms with van der Waals surface area (Å²) in [6.45, 7) is 4.52. The molecule has 0 aromatic heterocycles. The summed E-state index contributed by atoms with van der Waals surface area (Å²) in [5, 5.41) is 3.74. The summed E-state index contributed by atoms with van der Waals surface area (Å²) in [4.78, 5) is 26.6. The first-order chi connectivity index (χ1) is 10.4. The van der Waals surface area contributed by atoms with Gasteiger partial charge in [-0.15, -0.1) is 0 Å². The Morgan fingerprint density at radius 2 is 2.14 bits per heavy atom. The molecule has 1 saturated heterocycles. The van der Waals surface area contributed by atoms with Crippen LogP contribution in [0.1, 0.15) is 43.5 Å². The number of halogens is 2. The van der Waals surface area contributed by atoms with E-state index in [2.05, 4.69) is 5.32 Å². The average molecular weight is 343 g/mol. The van der Waals surface area contributed by atoms with Gasteiger partial charge < -0.3 is 10.2 Å². The number of nitrogens with zero attached hydrogens (tertiary/aromatic N) is 1. The van der Waals surface area contributed by atoms with Gasteiger partial charge in [-0.2, -0.15) is 0 Å². The highest BCUT2D eigenvalue weighted by Gasteiger charge is 2.35. The summed E-state index contributed by atoms with van der Waals surface area (Å²) >= 11 is 12.0. The van der Waals surface area contributed by atoms with Crippen molar-refractivity contribution in [2.45, 2.75) is 45.2 Å². The van der Waals surface area contributed by atoms with Gasteiger partial charge in [0.2, 0.25) is 5.91 Å². The van der Waals surface area contributed by atoms with Crippen LogP contribution in [0, 0.1) is 0 Å². The van der Waals surface area contributed by atoms with Crippen LogP contribution in [-0.2, 0) is 4.79 Å². The summed E-state index contributed by atoms with van der Waals surface area (Å²) in [7, 11) is 0. The molecule has 1 heterocycles. The Hall–Kier alpha value is -1.26. The van der Waals surface area contributed by atoms with Crippen molar-refractivity contribution in [3.8, 4) is 0 Å². The number of rotatable bonds is 4. The van der Waals surface area contributed by atoms with Crippen molar-refractivity contribution in [3.05, 3.63) is 33.8 Å². The van der Waals surface area contributed by atoms with E-state index in [9.17, 15) is 9.59 Å². The molecule has 0 radical (unpaired) electrons. The van der Waals surface area contributed by atoms with E-state index in [1.165, 1.54) is 0 Å². The smallest absolute Gasteiger partial charge is 0.256 e. The Morgan fingerprint density at radius 1 is 1.41 bits per heavy atom. The zero-order chi connectivity index (χ0) is 16.3. The third-order valence-electron chi connectivity index (χ3n) is 3.98. The molecule has 0 saturated carbocycles. The van der Waals surface area contributed by atoms with Gasteiger partial charge in [0.1, 0.15) is 6.04 Å². The van der Waals surface area contributed by atoms with Gasteiger partial charge in [-0.25, -0.2) is 0 Å². The fourth-order valence-corrected chi connectivity index (χ4v) is 2.91. The van der Waals surface area contributed by atoms with Gasteiger partial charge in [-0.05, 0) is 44.4 Å². The van der Waals surface area contributed by atoms with E-state index in [1.54, 1.807) is 23.1 Å². The molecule has 4 nitrogen and oxygen atoms in total. The second-order valence-corrected chi connectivity index (χ2v) is 6.44. The van der Waals surface area contributed by atoms with E-state index < -0.39 is 6.04 Å². The van der Waals surface area contributed by atoms with E-state index in [0.717, 1.165) is 12.8 Å². The first-order valence-electron chi connectivity index (χ1n) is 7.50. The predicted octanol–water partition coefficient (Wildman–Crippen LogP) is 3.51. The van der Waals surface area contributed by atoms with Gasteiger partial charge in [-0.1, -0.05) is 30.1 Å². The molecule has 0 unspecified atom stereocenters. The maximum atomic E-state index is 12.7. The minimum atomic E-state index is -0.434. The first-order valence-corrected chi connectivity index (χ1v) is 8.26. The van der Waals surface area contributed by atoms with Crippen molar-refractivity contribution in [3.63, 3.8) is 0 Å². The van der Waals surface area contributed by atoms with Gasteiger partial charge in [0, 0.05) is 17.6 Å². The van der Waals surface area contributed by atoms with Gasteiger partial charge in [0.05, 0.1) is 10.6 Å². The molecule has 1 aliphatic heterocycles. The molecular weight excluding hydrogens is 323 g/mol. The second-order valence-electron chi connectivity index (χ2n) is 5.60. The molecule has 2 amide bonds. The first kappa shape index (κ1) is 17.1. The third kappa shape index (κ3) is 3.73. The van der Waals surface area contributed by atoms with E-state index in [-0.39, 0.29) is 17.9 Å². The number of likely N-dealkylation sites (tertiary alicyclic amines) is 1. The molecule has 2 rings (SSSR count). The lowest BCUT2D eigenvalue weighted by molar-refractivity contribution is -0.125. The van der Waals surface area contributed by atoms with Crippen LogP contribution in [0.4, 0.5) is 0 Å². The number of nitrogens with one attached hydrogen (secondary N) is 1. The van der Waals surface area contributed by atoms with Gasteiger partial charge in [-0.3, -0.25) is 9.59 Å². The Morgan fingerprint density at radius 3 is 2.82 bits per heavy atom. The van der Waals surface area contributed by atoms with Crippen LogP contribution >= 0.6 is 23.2 Å². The number of hydrogen-bond donors (Lipinski definition) is 1. The quantitative estimate of drug-likeness (QED) is 0.909. The maximum absolute atomic E-state index is 12.7. The van der Waals surface area contributed by atoms with Gasteiger partial charge in [0.15, 0.2) is 0 Å². The maximum Gasteiger partial charge on any atom is 0.256 e. The highest BCUT2D eigenvalue weighted by atomic mass is 35.5. The Kier molecular flexibility index (Phi) is 5.70.